The van der Waals surface area contributed by atoms with Crippen LogP contribution in [0.3, 0.4) is 0 Å². The topological polar surface area (TPSA) is 77.1 Å². The number of nitrogens with zero attached hydrogens (tertiary/aromatic N) is 1. The Labute approximate surface area is 179 Å². The first-order valence-electron chi connectivity index (χ1n) is 10.9. The summed E-state index contributed by atoms with van der Waals surface area (Å²) >= 11 is 0. The van der Waals surface area contributed by atoms with E-state index in [1.165, 1.54) is 0 Å². The van der Waals surface area contributed by atoms with E-state index in [2.05, 4.69) is 5.32 Å². The fourth-order valence-corrected chi connectivity index (χ4v) is 4.68. The van der Waals surface area contributed by atoms with Crippen LogP contribution in [0.25, 0.3) is 0 Å². The van der Waals surface area contributed by atoms with Crippen LogP contribution in [0.15, 0.2) is 18.2 Å². The van der Waals surface area contributed by atoms with Crippen LogP contribution in [-0.2, 0) is 14.3 Å². The SMILES string of the molecule is COCCCNC(=O)C1CN(C(=O)C2CCCC2)CC1c1cc(OC)ccc1OC. The molecule has 1 saturated heterocycles. The molecule has 7 nitrogen and oxygen atoms in total. The lowest BCUT2D eigenvalue weighted by Crippen LogP contribution is -2.37. The molecule has 2 atom stereocenters. The van der Waals surface area contributed by atoms with Gasteiger partial charge in [0.25, 0.3) is 0 Å². The van der Waals surface area contributed by atoms with E-state index in [0.717, 1.165) is 37.7 Å². The van der Waals surface area contributed by atoms with Gasteiger partial charge in [0.1, 0.15) is 11.5 Å². The Morgan fingerprint density at radius 3 is 2.53 bits per heavy atom. The van der Waals surface area contributed by atoms with Crippen molar-refractivity contribution in [1.29, 1.82) is 0 Å². The third kappa shape index (κ3) is 5.06. The van der Waals surface area contributed by atoms with E-state index in [4.69, 9.17) is 14.2 Å². The highest BCUT2D eigenvalue weighted by molar-refractivity contribution is 5.84. The Morgan fingerprint density at radius 2 is 1.87 bits per heavy atom. The van der Waals surface area contributed by atoms with Crippen molar-refractivity contribution < 1.29 is 23.8 Å². The number of rotatable bonds is 9. The summed E-state index contributed by atoms with van der Waals surface area (Å²) < 4.78 is 16.1. The van der Waals surface area contributed by atoms with Crippen LogP contribution >= 0.6 is 0 Å². The van der Waals surface area contributed by atoms with Gasteiger partial charge in [-0.15, -0.1) is 0 Å². The van der Waals surface area contributed by atoms with Gasteiger partial charge in [-0.25, -0.2) is 0 Å². The van der Waals surface area contributed by atoms with E-state index < -0.39 is 0 Å². The summed E-state index contributed by atoms with van der Waals surface area (Å²) in [6.07, 6.45) is 4.89. The molecule has 1 aromatic carbocycles. The molecule has 0 spiro atoms. The Hall–Kier alpha value is -2.28. The van der Waals surface area contributed by atoms with Crippen molar-refractivity contribution in [2.24, 2.45) is 11.8 Å². The van der Waals surface area contributed by atoms with E-state index >= 15 is 0 Å². The van der Waals surface area contributed by atoms with Gasteiger partial charge in [-0.3, -0.25) is 9.59 Å². The lowest BCUT2D eigenvalue weighted by Gasteiger charge is -2.21. The van der Waals surface area contributed by atoms with Gasteiger partial charge in [-0.2, -0.15) is 0 Å². The first-order valence-corrected chi connectivity index (χ1v) is 10.9. The number of carbonyl (C=O) groups is 2. The molecule has 0 aromatic heterocycles. The molecule has 1 N–H and O–H groups in total. The van der Waals surface area contributed by atoms with Crippen LogP contribution in [0.5, 0.6) is 11.5 Å². The number of methoxy groups -OCH3 is 3. The van der Waals surface area contributed by atoms with Crippen molar-refractivity contribution >= 4 is 11.8 Å². The van der Waals surface area contributed by atoms with Crippen molar-refractivity contribution in [3.05, 3.63) is 23.8 Å². The molecule has 2 unspecified atom stereocenters. The number of carbonyl (C=O) groups excluding carboxylic acids is 2. The van der Waals surface area contributed by atoms with Crippen LogP contribution < -0.4 is 14.8 Å². The van der Waals surface area contributed by atoms with Gasteiger partial charge in [0, 0.05) is 50.8 Å². The number of hydrogen-bond acceptors (Lipinski definition) is 5. The molecule has 7 heteroatoms. The van der Waals surface area contributed by atoms with E-state index in [1.807, 2.05) is 23.1 Å². The first kappa shape index (κ1) is 22.4. The third-order valence-electron chi connectivity index (χ3n) is 6.33. The van der Waals surface area contributed by atoms with Gasteiger partial charge >= 0.3 is 0 Å². The molecular formula is C23H34N2O5. The highest BCUT2D eigenvalue weighted by atomic mass is 16.5. The minimum Gasteiger partial charge on any atom is -0.497 e. The molecule has 2 fully saturated rings. The maximum atomic E-state index is 13.1. The quantitative estimate of drug-likeness (QED) is 0.624. The van der Waals surface area contributed by atoms with Gasteiger partial charge in [-0.1, -0.05) is 12.8 Å². The summed E-state index contributed by atoms with van der Waals surface area (Å²) in [5.74, 6) is 1.23. The van der Waals surface area contributed by atoms with Crippen molar-refractivity contribution in [3.8, 4) is 11.5 Å². The van der Waals surface area contributed by atoms with E-state index in [-0.39, 0.29) is 29.6 Å². The summed E-state index contributed by atoms with van der Waals surface area (Å²) in [7, 11) is 4.90. The van der Waals surface area contributed by atoms with Crippen LogP contribution in [0.2, 0.25) is 0 Å². The fourth-order valence-electron chi connectivity index (χ4n) is 4.68. The van der Waals surface area contributed by atoms with Crippen molar-refractivity contribution in [1.82, 2.24) is 10.2 Å². The summed E-state index contributed by atoms with van der Waals surface area (Å²) in [6, 6.07) is 5.64. The summed E-state index contributed by atoms with van der Waals surface area (Å²) in [4.78, 5) is 28.1. The van der Waals surface area contributed by atoms with Crippen LogP contribution in [0.1, 0.15) is 43.6 Å². The molecule has 0 radical (unpaired) electrons. The number of ether oxygens (including phenoxy) is 3. The predicted octanol–water partition coefficient (Wildman–Crippen LogP) is 2.59. The first-order chi connectivity index (χ1) is 14.6. The monoisotopic (exact) mass is 418 g/mol. The van der Waals surface area contributed by atoms with Crippen LogP contribution in [0.4, 0.5) is 0 Å². The predicted molar refractivity (Wildman–Crippen MR) is 114 cm³/mol. The number of benzene rings is 1. The molecule has 1 aromatic rings. The number of nitrogens with one attached hydrogen (secondary N) is 1. The van der Waals surface area contributed by atoms with Crippen molar-refractivity contribution in [2.75, 3.05) is 47.6 Å². The molecule has 30 heavy (non-hydrogen) atoms. The standard InChI is InChI=1S/C23H34N2O5/c1-28-12-6-11-24-22(26)20-15-25(23(27)16-7-4-5-8-16)14-19(20)18-13-17(29-2)9-10-21(18)30-3/h9-10,13,16,19-20H,4-8,11-12,14-15H2,1-3H3,(H,24,26). The minimum atomic E-state index is -0.320. The average Bonchev–Trinajstić information content (AvgIpc) is 3.46. The molecule has 2 amide bonds. The van der Waals surface area contributed by atoms with Crippen molar-refractivity contribution in [2.45, 2.75) is 38.0 Å². The van der Waals surface area contributed by atoms with Gasteiger partial charge in [0.2, 0.25) is 11.8 Å². The smallest absolute Gasteiger partial charge is 0.225 e. The lowest BCUT2D eigenvalue weighted by atomic mass is 9.87. The highest BCUT2D eigenvalue weighted by Gasteiger charge is 2.43. The molecular weight excluding hydrogens is 384 g/mol. The zero-order chi connectivity index (χ0) is 21.5. The maximum absolute atomic E-state index is 13.1. The van der Waals surface area contributed by atoms with E-state index in [0.29, 0.717) is 37.7 Å². The van der Waals surface area contributed by atoms with Crippen molar-refractivity contribution in [3.63, 3.8) is 0 Å². The molecule has 2 aliphatic rings. The molecule has 1 saturated carbocycles. The molecule has 0 bridgehead atoms. The Bertz CT molecular complexity index is 732. The summed E-state index contributed by atoms with van der Waals surface area (Å²) in [6.45, 7) is 2.12. The minimum absolute atomic E-state index is 0.0253. The fraction of sp³-hybridized carbons (Fsp3) is 0.652. The molecule has 1 aliphatic carbocycles. The molecule has 166 valence electrons. The van der Waals surface area contributed by atoms with E-state index in [1.54, 1.807) is 21.3 Å². The van der Waals surface area contributed by atoms with Gasteiger partial charge in [0.15, 0.2) is 0 Å². The Balaban J connectivity index is 1.83. The van der Waals surface area contributed by atoms with Gasteiger partial charge < -0.3 is 24.4 Å². The van der Waals surface area contributed by atoms with Crippen LogP contribution in [0, 0.1) is 11.8 Å². The summed E-state index contributed by atoms with van der Waals surface area (Å²) in [5.41, 5.74) is 0.913. The second kappa shape index (κ2) is 10.7. The molecule has 1 heterocycles. The third-order valence-corrected chi connectivity index (χ3v) is 6.33. The second-order valence-corrected chi connectivity index (χ2v) is 8.18. The second-order valence-electron chi connectivity index (χ2n) is 8.18. The molecule has 1 aliphatic heterocycles. The number of likely N-dealkylation sites (tertiary alicyclic amines) is 1. The van der Waals surface area contributed by atoms with Gasteiger partial charge in [-0.05, 0) is 37.5 Å². The summed E-state index contributed by atoms with van der Waals surface area (Å²) in [5, 5.41) is 3.03. The van der Waals surface area contributed by atoms with Crippen LogP contribution in [-0.4, -0.2) is 64.3 Å². The zero-order valence-corrected chi connectivity index (χ0v) is 18.3. The number of hydrogen-bond donors (Lipinski definition) is 1. The highest BCUT2D eigenvalue weighted by Crippen LogP contribution is 2.40. The lowest BCUT2D eigenvalue weighted by molar-refractivity contribution is -0.134. The average molecular weight is 419 g/mol. The largest absolute Gasteiger partial charge is 0.497 e. The molecule has 3 rings (SSSR count). The number of amides is 2. The Morgan fingerprint density at radius 1 is 1.10 bits per heavy atom. The van der Waals surface area contributed by atoms with Gasteiger partial charge in [0.05, 0.1) is 20.1 Å². The maximum Gasteiger partial charge on any atom is 0.225 e. The van der Waals surface area contributed by atoms with E-state index in [9.17, 15) is 9.59 Å². The Kier molecular flexibility index (Phi) is 7.96. The zero-order valence-electron chi connectivity index (χ0n) is 18.3. The normalized spacial score (nSPS) is 21.6.